The molecule has 0 aliphatic carbocycles. The van der Waals surface area contributed by atoms with Gasteiger partial charge in [-0.15, -0.1) is 0 Å². The molecule has 3 rings (SSSR count). The molecule has 0 spiro atoms. The molecule has 1 atom stereocenters. The summed E-state index contributed by atoms with van der Waals surface area (Å²) >= 11 is 0. The molecule has 7 heteroatoms. The molecule has 3 aromatic heterocycles. The summed E-state index contributed by atoms with van der Waals surface area (Å²) in [6.07, 6.45) is 3.75. The van der Waals surface area contributed by atoms with E-state index in [1.165, 1.54) is 10.9 Å². The van der Waals surface area contributed by atoms with Gasteiger partial charge < -0.3 is 4.52 Å². The molecule has 0 saturated carbocycles. The third kappa shape index (κ3) is 1.97. The van der Waals surface area contributed by atoms with Crippen LogP contribution >= 0.6 is 0 Å². The van der Waals surface area contributed by atoms with E-state index in [0.717, 1.165) is 0 Å². The van der Waals surface area contributed by atoms with Crippen molar-refractivity contribution < 1.29 is 4.52 Å². The second-order valence-corrected chi connectivity index (χ2v) is 4.41. The summed E-state index contributed by atoms with van der Waals surface area (Å²) in [5.74, 6) is 1.02. The molecule has 20 heavy (non-hydrogen) atoms. The summed E-state index contributed by atoms with van der Waals surface area (Å²) in [5, 5.41) is 4.31. The number of aryl methyl sites for hydroxylation is 1. The number of aromatic nitrogens is 5. The number of nitrogens with zero attached hydrogens (tertiary/aromatic N) is 5. The Balaban J connectivity index is 2.09. The average Bonchev–Trinajstić information content (AvgIpc) is 2.96. The molecule has 0 aromatic carbocycles. The molecule has 7 nitrogen and oxygen atoms in total. The third-order valence-corrected chi connectivity index (χ3v) is 3.13. The van der Waals surface area contributed by atoms with Gasteiger partial charge in [-0.05, 0) is 19.1 Å². The van der Waals surface area contributed by atoms with Crippen molar-refractivity contribution in [3.8, 4) is 0 Å². The molecule has 0 radical (unpaired) electrons. The van der Waals surface area contributed by atoms with Gasteiger partial charge in [0.15, 0.2) is 11.5 Å². The smallest absolute Gasteiger partial charge is 0.263 e. The van der Waals surface area contributed by atoms with E-state index in [0.29, 0.717) is 29.2 Å². The topological polar surface area (TPSA) is 86.7 Å². The van der Waals surface area contributed by atoms with Gasteiger partial charge in [0.2, 0.25) is 5.89 Å². The fraction of sp³-hybridized carbons (Fsp3) is 0.308. The van der Waals surface area contributed by atoms with Crippen LogP contribution in [0.3, 0.4) is 0 Å². The minimum absolute atomic E-state index is 0.174. The van der Waals surface area contributed by atoms with Crippen LogP contribution in [0.15, 0.2) is 34.0 Å². The van der Waals surface area contributed by atoms with Crippen molar-refractivity contribution in [1.82, 2.24) is 24.7 Å². The first kappa shape index (κ1) is 12.5. The highest BCUT2D eigenvalue weighted by Gasteiger charge is 2.18. The van der Waals surface area contributed by atoms with E-state index in [4.69, 9.17) is 4.52 Å². The Kier molecular flexibility index (Phi) is 3.02. The predicted molar refractivity (Wildman–Crippen MR) is 71.3 cm³/mol. The molecule has 0 fully saturated rings. The Hall–Kier alpha value is -2.57. The summed E-state index contributed by atoms with van der Waals surface area (Å²) in [5.41, 5.74) is 0.257. The van der Waals surface area contributed by atoms with E-state index in [2.05, 4.69) is 20.1 Å². The fourth-order valence-electron chi connectivity index (χ4n) is 1.95. The normalized spacial score (nSPS) is 12.7. The molecule has 3 aromatic rings. The second kappa shape index (κ2) is 4.84. The van der Waals surface area contributed by atoms with Crippen LogP contribution in [0.4, 0.5) is 0 Å². The van der Waals surface area contributed by atoms with Crippen molar-refractivity contribution in [3.05, 3.63) is 46.7 Å². The monoisotopic (exact) mass is 271 g/mol. The SMILES string of the molecule is CCc1noc(C(C)n2cnc3ncccc3c2=O)n1. The molecule has 0 amide bonds. The Morgan fingerprint density at radius 3 is 3.00 bits per heavy atom. The summed E-state index contributed by atoms with van der Waals surface area (Å²) in [4.78, 5) is 24.9. The van der Waals surface area contributed by atoms with E-state index in [1.807, 2.05) is 13.8 Å². The average molecular weight is 271 g/mol. The lowest BCUT2D eigenvalue weighted by Crippen LogP contribution is -2.24. The van der Waals surface area contributed by atoms with Gasteiger partial charge in [-0.3, -0.25) is 9.36 Å². The molecule has 0 bridgehead atoms. The Bertz CT molecular complexity index is 808. The van der Waals surface area contributed by atoms with Gasteiger partial charge >= 0.3 is 0 Å². The molecule has 0 saturated heterocycles. The standard InChI is InChI=1S/C13H13N5O2/c1-3-10-16-12(20-17-10)8(2)18-7-15-11-9(13(18)19)5-4-6-14-11/h4-8H,3H2,1-2H3. The molecular weight excluding hydrogens is 258 g/mol. The van der Waals surface area contributed by atoms with E-state index in [9.17, 15) is 4.79 Å². The molecular formula is C13H13N5O2. The zero-order chi connectivity index (χ0) is 14.1. The highest BCUT2D eigenvalue weighted by molar-refractivity contribution is 5.72. The van der Waals surface area contributed by atoms with E-state index in [1.54, 1.807) is 18.3 Å². The zero-order valence-electron chi connectivity index (χ0n) is 11.1. The van der Waals surface area contributed by atoms with Gasteiger partial charge in [-0.25, -0.2) is 9.97 Å². The van der Waals surface area contributed by atoms with Crippen LogP contribution in [0.5, 0.6) is 0 Å². The molecule has 0 aliphatic heterocycles. The quantitative estimate of drug-likeness (QED) is 0.714. The van der Waals surface area contributed by atoms with Crippen LogP contribution in [-0.2, 0) is 6.42 Å². The maximum absolute atomic E-state index is 12.4. The number of hydrogen-bond donors (Lipinski definition) is 0. The molecule has 0 aliphatic rings. The van der Waals surface area contributed by atoms with Gasteiger partial charge in [-0.1, -0.05) is 12.1 Å². The minimum atomic E-state index is -0.368. The fourth-order valence-corrected chi connectivity index (χ4v) is 1.95. The second-order valence-electron chi connectivity index (χ2n) is 4.41. The van der Waals surface area contributed by atoms with Crippen LogP contribution < -0.4 is 5.56 Å². The summed E-state index contributed by atoms with van der Waals surface area (Å²) in [6.45, 7) is 3.76. The van der Waals surface area contributed by atoms with Gasteiger partial charge in [0, 0.05) is 12.6 Å². The first-order valence-corrected chi connectivity index (χ1v) is 6.35. The molecule has 1 unspecified atom stereocenters. The van der Waals surface area contributed by atoms with Gasteiger partial charge in [0.25, 0.3) is 5.56 Å². The van der Waals surface area contributed by atoms with Gasteiger partial charge in [0.1, 0.15) is 12.4 Å². The lowest BCUT2D eigenvalue weighted by Gasteiger charge is -2.10. The van der Waals surface area contributed by atoms with E-state index < -0.39 is 0 Å². The first-order chi connectivity index (χ1) is 9.70. The summed E-state index contributed by atoms with van der Waals surface area (Å²) in [6, 6.07) is 3.04. The lowest BCUT2D eigenvalue weighted by atomic mass is 10.3. The van der Waals surface area contributed by atoms with Crippen molar-refractivity contribution in [2.45, 2.75) is 26.3 Å². The molecule has 0 N–H and O–H groups in total. The van der Waals surface area contributed by atoms with Crippen LogP contribution in [-0.4, -0.2) is 24.7 Å². The number of hydrogen-bond acceptors (Lipinski definition) is 6. The van der Waals surface area contributed by atoms with Gasteiger partial charge in [-0.2, -0.15) is 4.98 Å². The maximum Gasteiger partial charge on any atom is 0.263 e. The molecule has 3 heterocycles. The Morgan fingerprint density at radius 1 is 1.40 bits per heavy atom. The zero-order valence-corrected chi connectivity index (χ0v) is 11.1. The van der Waals surface area contributed by atoms with Crippen molar-refractivity contribution in [1.29, 1.82) is 0 Å². The molecule has 102 valence electrons. The van der Waals surface area contributed by atoms with Crippen LogP contribution in [0, 0.1) is 0 Å². The maximum atomic E-state index is 12.4. The third-order valence-electron chi connectivity index (χ3n) is 3.13. The summed E-state index contributed by atoms with van der Waals surface area (Å²) in [7, 11) is 0. The van der Waals surface area contributed by atoms with E-state index >= 15 is 0 Å². The number of rotatable bonds is 3. The van der Waals surface area contributed by atoms with Crippen LogP contribution in [0.2, 0.25) is 0 Å². The number of pyridine rings is 1. The van der Waals surface area contributed by atoms with Gasteiger partial charge in [0.05, 0.1) is 5.39 Å². The predicted octanol–water partition coefficient (Wildman–Crippen LogP) is 1.35. The Morgan fingerprint density at radius 2 is 2.25 bits per heavy atom. The highest BCUT2D eigenvalue weighted by Crippen LogP contribution is 2.14. The minimum Gasteiger partial charge on any atom is -0.337 e. The van der Waals surface area contributed by atoms with E-state index in [-0.39, 0.29) is 11.6 Å². The van der Waals surface area contributed by atoms with Crippen LogP contribution in [0.1, 0.15) is 31.6 Å². The van der Waals surface area contributed by atoms with Crippen molar-refractivity contribution in [2.24, 2.45) is 0 Å². The van der Waals surface area contributed by atoms with Crippen molar-refractivity contribution in [3.63, 3.8) is 0 Å². The number of fused-ring (bicyclic) bond motifs is 1. The highest BCUT2D eigenvalue weighted by atomic mass is 16.5. The summed E-state index contributed by atoms with van der Waals surface area (Å²) < 4.78 is 6.64. The first-order valence-electron chi connectivity index (χ1n) is 6.35. The lowest BCUT2D eigenvalue weighted by molar-refractivity contribution is 0.339. The largest absolute Gasteiger partial charge is 0.337 e. The van der Waals surface area contributed by atoms with Crippen LogP contribution in [0.25, 0.3) is 11.0 Å². The Labute approximate surface area is 114 Å². The van der Waals surface area contributed by atoms with Crippen molar-refractivity contribution >= 4 is 11.0 Å². The van der Waals surface area contributed by atoms with Crippen molar-refractivity contribution in [2.75, 3.05) is 0 Å².